The van der Waals surface area contributed by atoms with E-state index >= 15 is 0 Å². The first-order chi connectivity index (χ1) is 5.70. The van der Waals surface area contributed by atoms with E-state index in [2.05, 4.69) is 0 Å². The van der Waals surface area contributed by atoms with Crippen molar-refractivity contribution in [3.05, 3.63) is 33.3 Å². The summed E-state index contributed by atoms with van der Waals surface area (Å²) in [5.41, 5.74) is 1.93. The van der Waals surface area contributed by atoms with Gasteiger partial charge >= 0.3 is 0 Å². The molecule has 0 bridgehead atoms. The molecule has 0 nitrogen and oxygen atoms in total. The van der Waals surface area contributed by atoms with E-state index < -0.39 is 0 Å². The molecular weight excluding hydrogens is 214 g/mol. The topological polar surface area (TPSA) is 0 Å². The van der Waals surface area contributed by atoms with Crippen molar-refractivity contribution in [2.75, 3.05) is 0 Å². The summed E-state index contributed by atoms with van der Waals surface area (Å²) in [7, 11) is 0. The number of hydrogen-bond donors (Lipinski definition) is 0. The molecule has 0 amide bonds. The molecule has 0 spiro atoms. The van der Waals surface area contributed by atoms with Crippen LogP contribution in [0.1, 0.15) is 18.1 Å². The Morgan fingerprint density at radius 3 is 2.42 bits per heavy atom. The lowest BCUT2D eigenvalue weighted by atomic mass is 10.1. The van der Waals surface area contributed by atoms with Crippen molar-refractivity contribution < 1.29 is 0 Å². The summed E-state index contributed by atoms with van der Waals surface area (Å²) in [4.78, 5) is 0. The van der Waals surface area contributed by atoms with Crippen LogP contribution in [0.25, 0.3) is 0 Å². The smallest absolute Gasteiger partial charge is 0.0503 e. The lowest BCUT2D eigenvalue weighted by molar-refractivity contribution is 1.13. The van der Waals surface area contributed by atoms with Crippen LogP contribution in [-0.4, -0.2) is 0 Å². The minimum absolute atomic E-state index is 0.367. The van der Waals surface area contributed by atoms with Crippen LogP contribution in [0.3, 0.4) is 0 Å². The Kier molecular flexibility index (Phi) is 3.70. The lowest BCUT2D eigenvalue weighted by Gasteiger charge is -2.07. The third-order valence-corrected chi connectivity index (χ3v) is 2.87. The monoisotopic (exact) mass is 222 g/mol. The summed E-state index contributed by atoms with van der Waals surface area (Å²) in [6, 6.07) is 3.77. The molecule has 0 atom stereocenters. The molecule has 3 heteroatoms. The van der Waals surface area contributed by atoms with Crippen LogP contribution in [0.4, 0.5) is 0 Å². The zero-order valence-electron chi connectivity index (χ0n) is 6.70. The maximum absolute atomic E-state index is 6.05. The summed E-state index contributed by atoms with van der Waals surface area (Å²) < 4.78 is 0. The van der Waals surface area contributed by atoms with Crippen molar-refractivity contribution in [1.82, 2.24) is 0 Å². The first-order valence-corrected chi connectivity index (χ1v) is 5.01. The summed E-state index contributed by atoms with van der Waals surface area (Å²) in [5, 5.41) is 1.35. The highest BCUT2D eigenvalue weighted by Gasteiger charge is 2.07. The van der Waals surface area contributed by atoms with E-state index in [9.17, 15) is 0 Å². The minimum Gasteiger partial charge on any atom is -0.121 e. The van der Waals surface area contributed by atoms with Gasteiger partial charge in [0.1, 0.15) is 0 Å². The molecule has 0 N–H and O–H groups in total. The summed E-state index contributed by atoms with van der Waals surface area (Å²) >= 11 is 17.6. The van der Waals surface area contributed by atoms with Gasteiger partial charge in [-0.3, -0.25) is 0 Å². The van der Waals surface area contributed by atoms with Gasteiger partial charge in [-0.15, -0.1) is 11.6 Å². The molecule has 0 aromatic heterocycles. The van der Waals surface area contributed by atoms with E-state index in [-0.39, 0.29) is 0 Å². The maximum Gasteiger partial charge on any atom is 0.0503 e. The summed E-state index contributed by atoms with van der Waals surface area (Å²) in [5.74, 6) is 0.367. The summed E-state index contributed by atoms with van der Waals surface area (Å²) in [6.45, 7) is 2.05. The van der Waals surface area contributed by atoms with Crippen molar-refractivity contribution >= 4 is 34.8 Å². The van der Waals surface area contributed by atoms with Gasteiger partial charge < -0.3 is 0 Å². The molecule has 1 aromatic carbocycles. The number of halogens is 3. The fraction of sp³-hybridized carbons (Fsp3) is 0.333. The Morgan fingerprint density at radius 2 is 1.92 bits per heavy atom. The molecule has 0 saturated carbocycles. The Bertz CT molecular complexity index is 281. The third kappa shape index (κ3) is 1.87. The molecule has 66 valence electrons. The van der Waals surface area contributed by atoms with Gasteiger partial charge in [0.05, 0.1) is 5.88 Å². The van der Waals surface area contributed by atoms with Crippen molar-refractivity contribution in [1.29, 1.82) is 0 Å². The second kappa shape index (κ2) is 4.36. The van der Waals surface area contributed by atoms with E-state index in [0.29, 0.717) is 15.9 Å². The van der Waals surface area contributed by atoms with E-state index in [0.717, 1.165) is 17.5 Å². The van der Waals surface area contributed by atoms with Crippen LogP contribution in [0.2, 0.25) is 10.0 Å². The first kappa shape index (κ1) is 10.2. The molecule has 1 rings (SSSR count). The normalized spacial score (nSPS) is 10.3. The van der Waals surface area contributed by atoms with Gasteiger partial charge in [-0.25, -0.2) is 0 Å². The highest BCUT2D eigenvalue weighted by Crippen LogP contribution is 2.29. The standard InChI is InChI=1S/C9H9Cl3/c1-2-6-3-4-8(11)7(5-10)9(6)12/h3-4H,2,5H2,1H3. The van der Waals surface area contributed by atoms with E-state index in [1.165, 1.54) is 0 Å². The number of aryl methyl sites for hydroxylation is 1. The van der Waals surface area contributed by atoms with Crippen molar-refractivity contribution in [3.63, 3.8) is 0 Å². The molecule has 0 unspecified atom stereocenters. The van der Waals surface area contributed by atoms with Crippen LogP contribution in [0.15, 0.2) is 12.1 Å². The van der Waals surface area contributed by atoms with Crippen molar-refractivity contribution in [3.8, 4) is 0 Å². The van der Waals surface area contributed by atoms with E-state index in [1.54, 1.807) is 0 Å². The average Bonchev–Trinajstić information content (AvgIpc) is 2.06. The average molecular weight is 224 g/mol. The predicted octanol–water partition coefficient (Wildman–Crippen LogP) is 4.29. The summed E-state index contributed by atoms with van der Waals surface area (Å²) in [6.07, 6.45) is 0.903. The van der Waals surface area contributed by atoms with Crippen LogP contribution >= 0.6 is 34.8 Å². The highest BCUT2D eigenvalue weighted by atomic mass is 35.5. The Labute approximate surface area is 87.4 Å². The maximum atomic E-state index is 6.05. The zero-order valence-corrected chi connectivity index (χ0v) is 8.97. The lowest BCUT2D eigenvalue weighted by Crippen LogP contribution is -1.89. The van der Waals surface area contributed by atoms with Crippen LogP contribution in [0, 0.1) is 0 Å². The second-order valence-electron chi connectivity index (χ2n) is 2.49. The van der Waals surface area contributed by atoms with Gasteiger partial charge in [-0.1, -0.05) is 36.2 Å². The number of benzene rings is 1. The van der Waals surface area contributed by atoms with Crippen LogP contribution in [0.5, 0.6) is 0 Å². The van der Waals surface area contributed by atoms with E-state index in [4.69, 9.17) is 34.8 Å². The van der Waals surface area contributed by atoms with E-state index in [1.807, 2.05) is 19.1 Å². The molecule has 0 saturated heterocycles. The van der Waals surface area contributed by atoms with Gasteiger partial charge in [0, 0.05) is 15.6 Å². The molecule has 0 heterocycles. The van der Waals surface area contributed by atoms with Gasteiger partial charge in [-0.2, -0.15) is 0 Å². The van der Waals surface area contributed by atoms with Gasteiger partial charge in [0.25, 0.3) is 0 Å². The van der Waals surface area contributed by atoms with Crippen LogP contribution in [-0.2, 0) is 12.3 Å². The number of alkyl halides is 1. The molecule has 1 aromatic rings. The molecule has 0 aliphatic rings. The molecule has 0 fully saturated rings. The minimum atomic E-state index is 0.367. The highest BCUT2D eigenvalue weighted by molar-refractivity contribution is 6.37. The van der Waals surface area contributed by atoms with Gasteiger partial charge in [0.2, 0.25) is 0 Å². The molecule has 0 aliphatic heterocycles. The SMILES string of the molecule is CCc1ccc(Cl)c(CCl)c1Cl. The quantitative estimate of drug-likeness (QED) is 0.656. The Balaban J connectivity index is 3.24. The van der Waals surface area contributed by atoms with Crippen molar-refractivity contribution in [2.45, 2.75) is 19.2 Å². The predicted molar refractivity (Wildman–Crippen MR) is 55.4 cm³/mol. The molecule has 0 aliphatic carbocycles. The molecular formula is C9H9Cl3. The Morgan fingerprint density at radius 1 is 1.25 bits per heavy atom. The van der Waals surface area contributed by atoms with Crippen LogP contribution < -0.4 is 0 Å². The van der Waals surface area contributed by atoms with Gasteiger partial charge in [-0.05, 0) is 18.1 Å². The molecule has 12 heavy (non-hydrogen) atoms. The van der Waals surface area contributed by atoms with Gasteiger partial charge in [0.15, 0.2) is 0 Å². The third-order valence-electron chi connectivity index (χ3n) is 1.78. The zero-order chi connectivity index (χ0) is 9.14. The number of rotatable bonds is 2. The molecule has 0 radical (unpaired) electrons. The first-order valence-electron chi connectivity index (χ1n) is 3.72. The fourth-order valence-electron chi connectivity index (χ4n) is 1.04. The largest absolute Gasteiger partial charge is 0.121 e. The van der Waals surface area contributed by atoms with Crippen molar-refractivity contribution in [2.24, 2.45) is 0 Å². The number of hydrogen-bond acceptors (Lipinski definition) is 0. The fourth-order valence-corrected chi connectivity index (χ4v) is 2.09. The second-order valence-corrected chi connectivity index (χ2v) is 3.54. The Hall–Kier alpha value is 0.0900.